The lowest BCUT2D eigenvalue weighted by molar-refractivity contribution is 0.0891. The van der Waals surface area contributed by atoms with Crippen LogP contribution in [0, 0.1) is 6.92 Å². The van der Waals surface area contributed by atoms with E-state index >= 15 is 0 Å². The van der Waals surface area contributed by atoms with Crippen LogP contribution in [0.1, 0.15) is 28.5 Å². The van der Waals surface area contributed by atoms with E-state index in [4.69, 9.17) is 16.3 Å². The molecule has 0 amide bonds. The molecule has 0 saturated carbocycles. The molecule has 0 fully saturated rings. The van der Waals surface area contributed by atoms with Crippen LogP contribution in [-0.2, 0) is 11.3 Å². The second-order valence-corrected chi connectivity index (χ2v) is 6.51. The Balaban J connectivity index is 1.99. The minimum absolute atomic E-state index is 0.102. The highest BCUT2D eigenvalue weighted by molar-refractivity contribution is 6.32. The van der Waals surface area contributed by atoms with E-state index < -0.39 is 23.2 Å². The molecule has 3 heterocycles. The van der Waals surface area contributed by atoms with E-state index in [9.17, 15) is 19.8 Å². The van der Waals surface area contributed by atoms with Crippen LogP contribution in [0.5, 0.6) is 11.6 Å². The third kappa shape index (κ3) is 2.61. The molecule has 0 bridgehead atoms. The second kappa shape index (κ2) is 6.26. The average molecular weight is 388 g/mol. The maximum absolute atomic E-state index is 12.5. The predicted octanol–water partition coefficient (Wildman–Crippen LogP) is 1.91. The number of hydrogen-bond donors (Lipinski definition) is 3. The third-order valence-electron chi connectivity index (χ3n) is 4.50. The number of benzene rings is 1. The van der Waals surface area contributed by atoms with Gasteiger partial charge in [-0.3, -0.25) is 14.8 Å². The highest BCUT2D eigenvalue weighted by Crippen LogP contribution is 2.43. The van der Waals surface area contributed by atoms with Gasteiger partial charge in [-0.1, -0.05) is 23.7 Å². The Bertz CT molecular complexity index is 1180. The van der Waals surface area contributed by atoms with E-state index in [2.05, 4.69) is 9.97 Å². The first-order valence-electron chi connectivity index (χ1n) is 8.02. The Morgan fingerprint density at radius 1 is 1.26 bits per heavy atom. The number of fused-ring (bicyclic) bond motifs is 1. The number of H-pyrrole nitrogens is 1. The monoisotopic (exact) mass is 387 g/mol. The number of hydrogen-bond acceptors (Lipinski definition) is 6. The molecule has 9 heteroatoms. The molecular weight excluding hydrogens is 374 g/mol. The van der Waals surface area contributed by atoms with E-state index in [0.717, 1.165) is 4.57 Å². The number of halogens is 1. The van der Waals surface area contributed by atoms with E-state index in [-0.39, 0.29) is 28.6 Å². The average Bonchev–Trinajstić information content (AvgIpc) is 3.04. The van der Waals surface area contributed by atoms with Gasteiger partial charge < -0.3 is 14.9 Å². The molecule has 3 aromatic rings. The molecule has 0 aliphatic carbocycles. The molecule has 4 rings (SSSR count). The van der Waals surface area contributed by atoms with Gasteiger partial charge in [-0.05, 0) is 19.1 Å². The number of para-hydroxylation sites is 1. The Hall–Kier alpha value is -3.10. The van der Waals surface area contributed by atoms with Crippen molar-refractivity contribution in [3.63, 3.8) is 0 Å². The Morgan fingerprint density at radius 2 is 2.00 bits per heavy atom. The zero-order chi connectivity index (χ0) is 19.3. The number of nitrogens with one attached hydrogen (secondary N) is 1. The minimum Gasteiger partial charge on any atom is -0.506 e. The van der Waals surface area contributed by atoms with Gasteiger partial charge in [-0.2, -0.15) is 0 Å². The molecule has 0 radical (unpaired) electrons. The first kappa shape index (κ1) is 17.3. The van der Waals surface area contributed by atoms with Crippen molar-refractivity contribution < 1.29 is 14.9 Å². The van der Waals surface area contributed by atoms with Gasteiger partial charge >= 0.3 is 5.69 Å². The first-order chi connectivity index (χ1) is 12.9. The van der Waals surface area contributed by atoms with Gasteiger partial charge in [0, 0.05) is 17.3 Å². The van der Waals surface area contributed by atoms with Crippen LogP contribution in [0.15, 0.2) is 40.1 Å². The summed E-state index contributed by atoms with van der Waals surface area (Å²) in [5.74, 6) is -0.729. The summed E-state index contributed by atoms with van der Waals surface area (Å²) in [4.78, 5) is 31.1. The minimum atomic E-state index is -1.06. The lowest BCUT2D eigenvalue weighted by Gasteiger charge is -2.17. The Morgan fingerprint density at radius 3 is 2.74 bits per heavy atom. The smallest absolute Gasteiger partial charge is 0.335 e. The van der Waals surface area contributed by atoms with Crippen LogP contribution in [0.4, 0.5) is 0 Å². The number of aromatic hydroxyl groups is 2. The van der Waals surface area contributed by atoms with Crippen LogP contribution in [0.2, 0.25) is 5.02 Å². The number of aromatic amines is 1. The van der Waals surface area contributed by atoms with Gasteiger partial charge in [0.1, 0.15) is 17.4 Å². The predicted molar refractivity (Wildman–Crippen MR) is 96.6 cm³/mol. The van der Waals surface area contributed by atoms with E-state index in [0.29, 0.717) is 16.8 Å². The molecule has 2 aromatic heterocycles. The summed E-state index contributed by atoms with van der Waals surface area (Å²) in [5, 5.41) is 21.4. The quantitative estimate of drug-likeness (QED) is 0.618. The van der Waals surface area contributed by atoms with Crippen molar-refractivity contribution in [1.29, 1.82) is 0 Å². The summed E-state index contributed by atoms with van der Waals surface area (Å²) in [5.41, 5.74) is -0.360. The lowest BCUT2D eigenvalue weighted by Crippen LogP contribution is -2.32. The maximum Gasteiger partial charge on any atom is 0.335 e. The number of aromatic nitrogens is 3. The molecule has 138 valence electrons. The maximum atomic E-state index is 12.5. The second-order valence-electron chi connectivity index (χ2n) is 6.11. The summed E-state index contributed by atoms with van der Waals surface area (Å²) in [6.07, 6.45) is 0.486. The normalized spacial score (nSPS) is 15.7. The van der Waals surface area contributed by atoms with Crippen LogP contribution in [-0.4, -0.2) is 24.7 Å². The zero-order valence-corrected chi connectivity index (χ0v) is 14.8. The molecule has 1 aliphatic heterocycles. The summed E-state index contributed by atoms with van der Waals surface area (Å²) in [6.45, 7) is 1.71. The molecule has 1 unspecified atom stereocenters. The number of nitrogens with zero attached hydrogens (tertiary/aromatic N) is 2. The SMILES string of the molecule is Cc1ncc2c(c1O)C(c1c(O)n(-c3ccccc3Cl)c(=O)[nH]c1=O)OC2. The standard InChI is InChI=1S/C18H14ClN3O5/c1-8-14(23)12-9(6-20-8)7-27-15(12)13-16(24)21-18(26)22(17(13)25)11-5-3-2-4-10(11)19/h2-6,15,23,25H,7H2,1H3,(H,21,24,26). The fourth-order valence-electron chi connectivity index (χ4n) is 3.18. The molecule has 1 aliphatic rings. The van der Waals surface area contributed by atoms with Gasteiger partial charge in [0.2, 0.25) is 5.88 Å². The fourth-order valence-corrected chi connectivity index (χ4v) is 3.40. The first-order valence-corrected chi connectivity index (χ1v) is 8.40. The molecule has 8 nitrogen and oxygen atoms in total. The molecule has 27 heavy (non-hydrogen) atoms. The van der Waals surface area contributed by atoms with Gasteiger partial charge in [0.05, 0.1) is 23.0 Å². The highest BCUT2D eigenvalue weighted by Gasteiger charge is 2.35. The van der Waals surface area contributed by atoms with Crippen molar-refractivity contribution in [3.8, 4) is 17.3 Å². The van der Waals surface area contributed by atoms with Crippen LogP contribution < -0.4 is 11.2 Å². The fraction of sp³-hybridized carbons (Fsp3) is 0.167. The van der Waals surface area contributed by atoms with Gasteiger partial charge in [0.25, 0.3) is 5.56 Å². The number of ether oxygens (including phenoxy) is 1. The van der Waals surface area contributed by atoms with Crippen LogP contribution in [0.25, 0.3) is 5.69 Å². The van der Waals surface area contributed by atoms with Crippen molar-refractivity contribution in [2.75, 3.05) is 0 Å². The summed E-state index contributed by atoms with van der Waals surface area (Å²) < 4.78 is 6.53. The van der Waals surface area contributed by atoms with Crippen molar-refractivity contribution in [3.05, 3.63) is 78.7 Å². The van der Waals surface area contributed by atoms with Crippen molar-refractivity contribution in [1.82, 2.24) is 14.5 Å². The summed E-state index contributed by atoms with van der Waals surface area (Å²) in [6, 6.07) is 6.39. The Kier molecular flexibility index (Phi) is 4.01. The summed E-state index contributed by atoms with van der Waals surface area (Å²) in [7, 11) is 0. The number of rotatable bonds is 2. The molecule has 0 saturated heterocycles. The van der Waals surface area contributed by atoms with Crippen LogP contribution in [0.3, 0.4) is 0 Å². The van der Waals surface area contributed by atoms with Gasteiger partial charge in [-0.25, -0.2) is 9.36 Å². The molecular formula is C18H14ClN3O5. The van der Waals surface area contributed by atoms with Crippen molar-refractivity contribution in [2.24, 2.45) is 0 Å². The van der Waals surface area contributed by atoms with Crippen molar-refractivity contribution in [2.45, 2.75) is 19.6 Å². The Labute approximate surface area is 157 Å². The van der Waals surface area contributed by atoms with E-state index in [1.165, 1.54) is 6.07 Å². The molecule has 1 atom stereocenters. The molecule has 3 N–H and O–H groups in total. The summed E-state index contributed by atoms with van der Waals surface area (Å²) >= 11 is 6.14. The lowest BCUT2D eigenvalue weighted by atomic mass is 10.00. The van der Waals surface area contributed by atoms with Gasteiger partial charge in [0.15, 0.2) is 0 Å². The van der Waals surface area contributed by atoms with E-state index in [1.807, 2.05) is 0 Å². The molecule has 0 spiro atoms. The van der Waals surface area contributed by atoms with Gasteiger partial charge in [-0.15, -0.1) is 0 Å². The highest BCUT2D eigenvalue weighted by atomic mass is 35.5. The number of aryl methyl sites for hydroxylation is 1. The number of pyridine rings is 1. The van der Waals surface area contributed by atoms with Crippen molar-refractivity contribution >= 4 is 11.6 Å². The zero-order valence-electron chi connectivity index (χ0n) is 14.1. The molecule has 1 aromatic carbocycles. The third-order valence-corrected chi connectivity index (χ3v) is 4.82. The largest absolute Gasteiger partial charge is 0.506 e. The van der Waals surface area contributed by atoms with E-state index in [1.54, 1.807) is 31.3 Å². The van der Waals surface area contributed by atoms with Crippen LogP contribution >= 0.6 is 11.6 Å². The topological polar surface area (TPSA) is 117 Å².